The Morgan fingerprint density at radius 3 is 3.17 bits per heavy atom. The third-order valence-electron chi connectivity index (χ3n) is 1.51. The number of nitrogens with two attached hydrogens (primary N) is 1. The summed E-state index contributed by atoms with van der Waals surface area (Å²) in [6, 6.07) is 1.60. The van der Waals surface area contributed by atoms with Crippen LogP contribution in [0.5, 0.6) is 0 Å². The van der Waals surface area contributed by atoms with E-state index in [2.05, 4.69) is 9.97 Å². The molecular weight excluding hydrogens is 156 g/mol. The third kappa shape index (κ3) is 0.914. The highest BCUT2D eigenvalue weighted by Crippen LogP contribution is 2.04. The number of nitrogen functional groups attached to an aromatic ring is 1. The molecule has 5 nitrogen and oxygen atoms in total. The molecule has 5 heteroatoms. The van der Waals surface area contributed by atoms with E-state index in [0.29, 0.717) is 23.4 Å². The average Bonchev–Trinajstić information content (AvgIpc) is 2.46. The van der Waals surface area contributed by atoms with Crippen LogP contribution >= 0.6 is 0 Å². The Morgan fingerprint density at radius 2 is 2.42 bits per heavy atom. The quantitative estimate of drug-likeness (QED) is 0.604. The van der Waals surface area contributed by atoms with Crippen LogP contribution in [0.2, 0.25) is 0 Å². The number of hydrogen-bond acceptors (Lipinski definition) is 4. The van der Waals surface area contributed by atoms with Crippen molar-refractivity contribution >= 4 is 17.8 Å². The van der Waals surface area contributed by atoms with Gasteiger partial charge in [0.25, 0.3) is 0 Å². The lowest BCUT2D eigenvalue weighted by Crippen LogP contribution is -1.92. The molecule has 60 valence electrons. The van der Waals surface area contributed by atoms with E-state index in [9.17, 15) is 4.79 Å². The van der Waals surface area contributed by atoms with Gasteiger partial charge in [-0.25, -0.2) is 9.97 Å². The van der Waals surface area contributed by atoms with Crippen LogP contribution in [0.25, 0.3) is 5.65 Å². The molecule has 2 heterocycles. The van der Waals surface area contributed by atoms with Gasteiger partial charge in [0.2, 0.25) is 0 Å². The number of carbonyl (C=O) groups is 1. The fraction of sp³-hybridized carbons (Fsp3) is 0. The summed E-state index contributed by atoms with van der Waals surface area (Å²) in [6.45, 7) is 0. The van der Waals surface area contributed by atoms with E-state index >= 15 is 0 Å². The number of hydrogen-bond donors (Lipinski definition) is 1. The highest BCUT2D eigenvalue weighted by atomic mass is 16.1. The number of imidazole rings is 1. The van der Waals surface area contributed by atoms with Gasteiger partial charge < -0.3 is 5.73 Å². The molecule has 2 N–H and O–H groups in total. The Balaban J connectivity index is 2.75. The largest absolute Gasteiger partial charge is 0.384 e. The summed E-state index contributed by atoms with van der Waals surface area (Å²) in [7, 11) is 0. The molecule has 0 atom stereocenters. The van der Waals surface area contributed by atoms with Crippen molar-refractivity contribution in [2.45, 2.75) is 0 Å². The Hall–Kier alpha value is -1.91. The normalized spacial score (nSPS) is 10.3. The molecule has 0 saturated carbocycles. The minimum absolute atomic E-state index is 0.377. The molecule has 0 aliphatic carbocycles. The molecule has 0 saturated heterocycles. The predicted molar refractivity (Wildman–Crippen MR) is 42.8 cm³/mol. The molecule has 0 spiro atoms. The average molecular weight is 162 g/mol. The van der Waals surface area contributed by atoms with Gasteiger partial charge in [0.1, 0.15) is 23.5 Å². The van der Waals surface area contributed by atoms with Crippen LogP contribution in [-0.2, 0) is 0 Å². The van der Waals surface area contributed by atoms with Crippen LogP contribution < -0.4 is 5.73 Å². The number of nitrogens with zero attached hydrogens (tertiary/aromatic N) is 3. The van der Waals surface area contributed by atoms with Crippen molar-refractivity contribution in [3.63, 3.8) is 0 Å². The van der Waals surface area contributed by atoms with E-state index in [1.54, 1.807) is 16.7 Å². The Morgan fingerprint density at radius 1 is 1.58 bits per heavy atom. The first-order chi connectivity index (χ1) is 5.79. The zero-order chi connectivity index (χ0) is 8.55. The van der Waals surface area contributed by atoms with E-state index in [-0.39, 0.29) is 0 Å². The van der Waals surface area contributed by atoms with Crippen LogP contribution in [0.1, 0.15) is 10.5 Å². The number of fused-ring (bicyclic) bond motifs is 1. The first kappa shape index (κ1) is 6.78. The van der Waals surface area contributed by atoms with Crippen molar-refractivity contribution in [1.29, 1.82) is 0 Å². The maximum atomic E-state index is 10.3. The topological polar surface area (TPSA) is 73.3 Å². The van der Waals surface area contributed by atoms with Gasteiger partial charge >= 0.3 is 0 Å². The van der Waals surface area contributed by atoms with Crippen LogP contribution in [-0.4, -0.2) is 20.7 Å². The minimum Gasteiger partial charge on any atom is -0.384 e. The molecule has 0 fully saturated rings. The van der Waals surface area contributed by atoms with Crippen LogP contribution in [0, 0.1) is 0 Å². The minimum atomic E-state index is 0.377. The Bertz CT molecular complexity index is 434. The summed E-state index contributed by atoms with van der Waals surface area (Å²) in [5, 5.41) is 0. The fourth-order valence-corrected chi connectivity index (χ4v) is 0.982. The molecule has 2 aromatic rings. The number of carbonyl (C=O) groups excluding carboxylic acids is 1. The van der Waals surface area contributed by atoms with Gasteiger partial charge in [-0.3, -0.25) is 9.20 Å². The zero-order valence-corrected chi connectivity index (χ0v) is 6.14. The first-order valence-electron chi connectivity index (χ1n) is 3.35. The van der Waals surface area contributed by atoms with Gasteiger partial charge in [0.15, 0.2) is 6.29 Å². The van der Waals surface area contributed by atoms with Gasteiger partial charge in [0.05, 0.1) is 0 Å². The monoisotopic (exact) mass is 162 g/mol. The standard InChI is InChI=1S/C7H6N4O/c8-6-1-7-10-5(3-12)2-11(7)4-9-6/h1-4H,8H2. The Labute approximate surface area is 67.9 Å². The molecule has 0 unspecified atom stereocenters. The Kier molecular flexibility index (Phi) is 1.30. The molecule has 0 amide bonds. The lowest BCUT2D eigenvalue weighted by molar-refractivity contribution is 0.111. The zero-order valence-electron chi connectivity index (χ0n) is 6.14. The van der Waals surface area contributed by atoms with E-state index in [1.807, 2.05) is 0 Å². The predicted octanol–water partition coefficient (Wildman–Crippen LogP) is 0.124. The lowest BCUT2D eigenvalue weighted by atomic mass is 10.5. The molecule has 0 aromatic carbocycles. The van der Waals surface area contributed by atoms with Gasteiger partial charge in [-0.2, -0.15) is 0 Å². The van der Waals surface area contributed by atoms with Crippen LogP contribution in [0.15, 0.2) is 18.6 Å². The highest BCUT2D eigenvalue weighted by molar-refractivity contribution is 5.73. The first-order valence-corrected chi connectivity index (χ1v) is 3.35. The van der Waals surface area contributed by atoms with Crippen LogP contribution in [0.4, 0.5) is 5.82 Å². The molecule has 2 aromatic heterocycles. The number of anilines is 1. The van der Waals surface area contributed by atoms with Gasteiger partial charge in [-0.1, -0.05) is 0 Å². The van der Waals surface area contributed by atoms with Gasteiger partial charge in [-0.05, 0) is 0 Å². The molecule has 0 aliphatic rings. The van der Waals surface area contributed by atoms with E-state index in [4.69, 9.17) is 5.73 Å². The third-order valence-corrected chi connectivity index (χ3v) is 1.51. The molecule has 0 aliphatic heterocycles. The van der Waals surface area contributed by atoms with E-state index < -0.39 is 0 Å². The summed E-state index contributed by atoms with van der Waals surface area (Å²) >= 11 is 0. The summed E-state index contributed by atoms with van der Waals surface area (Å²) < 4.78 is 1.64. The second-order valence-corrected chi connectivity index (χ2v) is 2.36. The molecule has 12 heavy (non-hydrogen) atoms. The SMILES string of the molecule is Nc1cc2nc(C=O)cn2cn1. The van der Waals surface area contributed by atoms with E-state index in [1.165, 1.54) is 6.33 Å². The number of aromatic nitrogens is 3. The second-order valence-electron chi connectivity index (χ2n) is 2.36. The van der Waals surface area contributed by atoms with Gasteiger partial charge in [-0.15, -0.1) is 0 Å². The summed E-state index contributed by atoms with van der Waals surface area (Å²) in [5.74, 6) is 0.394. The van der Waals surface area contributed by atoms with Crippen molar-refractivity contribution in [3.05, 3.63) is 24.3 Å². The maximum absolute atomic E-state index is 10.3. The lowest BCUT2D eigenvalue weighted by Gasteiger charge is -1.91. The van der Waals surface area contributed by atoms with Crippen molar-refractivity contribution in [1.82, 2.24) is 14.4 Å². The highest BCUT2D eigenvalue weighted by Gasteiger charge is 1.99. The summed E-state index contributed by atoms with van der Waals surface area (Å²) in [6.07, 6.45) is 3.79. The summed E-state index contributed by atoms with van der Waals surface area (Å²) in [5.41, 5.74) is 6.43. The van der Waals surface area contributed by atoms with Crippen molar-refractivity contribution in [2.75, 3.05) is 5.73 Å². The fourth-order valence-electron chi connectivity index (χ4n) is 0.982. The van der Waals surface area contributed by atoms with Crippen LogP contribution in [0.3, 0.4) is 0 Å². The van der Waals surface area contributed by atoms with Crippen molar-refractivity contribution in [2.24, 2.45) is 0 Å². The maximum Gasteiger partial charge on any atom is 0.170 e. The molecule has 0 bridgehead atoms. The van der Waals surface area contributed by atoms with Crippen molar-refractivity contribution < 1.29 is 4.79 Å². The molecular formula is C7H6N4O. The number of rotatable bonds is 1. The molecule has 2 rings (SSSR count). The van der Waals surface area contributed by atoms with E-state index in [0.717, 1.165) is 0 Å². The number of aldehydes is 1. The smallest absolute Gasteiger partial charge is 0.170 e. The van der Waals surface area contributed by atoms with Gasteiger partial charge in [0, 0.05) is 12.3 Å². The summed E-state index contributed by atoms with van der Waals surface area (Å²) in [4.78, 5) is 18.1. The second kappa shape index (κ2) is 2.30. The van der Waals surface area contributed by atoms with Crippen molar-refractivity contribution in [3.8, 4) is 0 Å². The molecule has 0 radical (unpaired) electrons.